The molecule has 1 atom stereocenters. The zero-order chi connectivity index (χ0) is 17.5. The molecule has 2 rings (SSSR count). The lowest BCUT2D eigenvalue weighted by molar-refractivity contribution is 0.309. The van der Waals surface area contributed by atoms with Gasteiger partial charge in [0.2, 0.25) is 0 Å². The number of thiazole rings is 1. The molecule has 2 aromatic heterocycles. The molecule has 0 aliphatic rings. The number of hydrogen-bond acceptors (Lipinski definition) is 5. The van der Waals surface area contributed by atoms with Crippen LogP contribution in [-0.2, 0) is 6.54 Å². The van der Waals surface area contributed by atoms with E-state index in [1.165, 1.54) is 4.88 Å². The summed E-state index contributed by atoms with van der Waals surface area (Å²) in [5.41, 5.74) is 1.09. The van der Waals surface area contributed by atoms with Crippen LogP contribution >= 0.6 is 46.7 Å². The van der Waals surface area contributed by atoms with E-state index >= 15 is 0 Å². The highest BCUT2D eigenvalue weighted by molar-refractivity contribution is 14.0. The summed E-state index contributed by atoms with van der Waals surface area (Å²) in [6.45, 7) is 6.48. The van der Waals surface area contributed by atoms with Crippen molar-refractivity contribution in [1.29, 1.82) is 0 Å². The standard InChI is InChI=1S/C17H27N5S2.HI/c1-6-18-17(22(5)11-14-12-24-13(2)20-14)19-10-15(21(3)4)16-8-7-9-23-16;/h7-9,12,15H,6,10-11H2,1-5H3,(H,18,19);1H. The maximum absolute atomic E-state index is 4.87. The van der Waals surface area contributed by atoms with E-state index in [0.717, 1.165) is 36.3 Å². The number of nitrogens with zero attached hydrogens (tertiary/aromatic N) is 4. The lowest BCUT2D eigenvalue weighted by Crippen LogP contribution is -2.39. The lowest BCUT2D eigenvalue weighted by Gasteiger charge is -2.25. The first kappa shape index (κ1) is 22.3. The number of likely N-dealkylation sites (N-methyl/N-ethyl adjacent to an activating group) is 1. The summed E-state index contributed by atoms with van der Waals surface area (Å²) in [5.74, 6) is 0.923. The molecule has 0 fully saturated rings. The molecule has 140 valence electrons. The van der Waals surface area contributed by atoms with Crippen molar-refractivity contribution in [2.24, 2.45) is 4.99 Å². The molecule has 1 N–H and O–H groups in total. The van der Waals surface area contributed by atoms with Gasteiger partial charge in [-0.1, -0.05) is 6.07 Å². The molecule has 0 saturated heterocycles. The van der Waals surface area contributed by atoms with Gasteiger partial charge in [0, 0.05) is 23.8 Å². The van der Waals surface area contributed by atoms with Gasteiger partial charge in [-0.25, -0.2) is 4.98 Å². The van der Waals surface area contributed by atoms with E-state index in [0.29, 0.717) is 6.04 Å². The zero-order valence-electron chi connectivity index (χ0n) is 15.5. The number of halogens is 1. The number of nitrogens with one attached hydrogen (secondary N) is 1. The average molecular weight is 493 g/mol. The molecule has 0 amide bonds. The minimum absolute atomic E-state index is 0. The number of guanidine groups is 1. The highest BCUT2D eigenvalue weighted by Gasteiger charge is 2.16. The Labute approximate surface area is 176 Å². The number of thiophene rings is 1. The smallest absolute Gasteiger partial charge is 0.194 e. The Balaban J connectivity index is 0.00000312. The molecule has 1 unspecified atom stereocenters. The van der Waals surface area contributed by atoms with E-state index in [-0.39, 0.29) is 24.0 Å². The highest BCUT2D eigenvalue weighted by Crippen LogP contribution is 2.23. The minimum Gasteiger partial charge on any atom is -0.357 e. The fourth-order valence-electron chi connectivity index (χ4n) is 2.43. The van der Waals surface area contributed by atoms with Crippen molar-refractivity contribution < 1.29 is 0 Å². The third kappa shape index (κ3) is 6.84. The van der Waals surface area contributed by atoms with Gasteiger partial charge in [0.05, 0.1) is 29.8 Å². The second-order valence-electron chi connectivity index (χ2n) is 5.90. The van der Waals surface area contributed by atoms with Crippen molar-refractivity contribution in [2.75, 3.05) is 34.2 Å². The number of aromatic nitrogens is 1. The quantitative estimate of drug-likeness (QED) is 0.362. The van der Waals surface area contributed by atoms with E-state index in [9.17, 15) is 0 Å². The van der Waals surface area contributed by atoms with Gasteiger partial charge in [-0.05, 0) is 39.4 Å². The van der Waals surface area contributed by atoms with Gasteiger partial charge >= 0.3 is 0 Å². The van der Waals surface area contributed by atoms with Crippen LogP contribution in [0.5, 0.6) is 0 Å². The second-order valence-corrected chi connectivity index (χ2v) is 7.94. The molecule has 8 heteroatoms. The predicted molar refractivity (Wildman–Crippen MR) is 120 cm³/mol. The maximum Gasteiger partial charge on any atom is 0.194 e. The summed E-state index contributed by atoms with van der Waals surface area (Å²) in [4.78, 5) is 15.1. The second kappa shape index (κ2) is 11.1. The normalized spacial score (nSPS) is 12.8. The van der Waals surface area contributed by atoms with E-state index in [4.69, 9.17) is 4.99 Å². The molecular formula is C17H28IN5S2. The van der Waals surface area contributed by atoms with Crippen molar-refractivity contribution in [3.8, 4) is 0 Å². The van der Waals surface area contributed by atoms with Crippen LogP contribution in [0.3, 0.4) is 0 Å². The summed E-state index contributed by atoms with van der Waals surface area (Å²) in [6, 6.07) is 4.58. The van der Waals surface area contributed by atoms with Crippen molar-refractivity contribution in [3.63, 3.8) is 0 Å². The number of aliphatic imine (C=N–C) groups is 1. The van der Waals surface area contributed by atoms with Gasteiger partial charge in [0.15, 0.2) is 5.96 Å². The van der Waals surface area contributed by atoms with Gasteiger partial charge in [0.25, 0.3) is 0 Å². The van der Waals surface area contributed by atoms with E-state index < -0.39 is 0 Å². The van der Waals surface area contributed by atoms with Crippen LogP contribution in [0.2, 0.25) is 0 Å². The SMILES string of the molecule is CCNC(=NCC(c1cccs1)N(C)C)N(C)Cc1csc(C)n1.I. The summed E-state index contributed by atoms with van der Waals surface area (Å²) in [7, 11) is 6.27. The van der Waals surface area contributed by atoms with E-state index in [2.05, 4.69) is 71.1 Å². The fourth-order valence-corrected chi connectivity index (χ4v) is 3.95. The number of rotatable bonds is 7. The molecule has 2 aromatic rings. The Kier molecular flexibility index (Phi) is 9.91. The van der Waals surface area contributed by atoms with Crippen molar-refractivity contribution in [1.82, 2.24) is 20.1 Å². The van der Waals surface area contributed by atoms with Crippen molar-refractivity contribution in [3.05, 3.63) is 38.5 Å². The molecular weight excluding hydrogens is 465 g/mol. The number of aryl methyl sites for hydroxylation is 1. The summed E-state index contributed by atoms with van der Waals surface area (Å²) >= 11 is 3.47. The zero-order valence-corrected chi connectivity index (χ0v) is 19.5. The Bertz CT molecular complexity index is 639. The minimum atomic E-state index is 0. The van der Waals surface area contributed by atoms with Crippen molar-refractivity contribution in [2.45, 2.75) is 26.4 Å². The van der Waals surface area contributed by atoms with Crippen LogP contribution in [0.25, 0.3) is 0 Å². The molecule has 5 nitrogen and oxygen atoms in total. The molecule has 0 bridgehead atoms. The monoisotopic (exact) mass is 493 g/mol. The first-order valence-corrected chi connectivity index (χ1v) is 9.87. The molecule has 0 radical (unpaired) electrons. The van der Waals surface area contributed by atoms with E-state index in [1.54, 1.807) is 22.7 Å². The van der Waals surface area contributed by atoms with Gasteiger partial charge in [0.1, 0.15) is 0 Å². The Morgan fingerprint density at radius 2 is 2.08 bits per heavy atom. The van der Waals surface area contributed by atoms with Crippen molar-refractivity contribution >= 4 is 52.6 Å². The van der Waals surface area contributed by atoms with Crippen LogP contribution in [-0.4, -0.2) is 55.0 Å². The Morgan fingerprint density at radius 3 is 2.60 bits per heavy atom. The van der Waals surface area contributed by atoms with Crippen LogP contribution < -0.4 is 5.32 Å². The van der Waals surface area contributed by atoms with Crippen LogP contribution in [0.1, 0.15) is 28.5 Å². The van der Waals surface area contributed by atoms with Gasteiger partial charge in [-0.2, -0.15) is 0 Å². The molecule has 0 aromatic carbocycles. The van der Waals surface area contributed by atoms with E-state index in [1.807, 2.05) is 6.92 Å². The molecule has 2 heterocycles. The summed E-state index contributed by atoms with van der Waals surface area (Å²) in [5, 5.41) is 8.73. The molecule has 0 aliphatic heterocycles. The molecule has 0 aliphatic carbocycles. The van der Waals surface area contributed by atoms with Gasteiger partial charge in [-0.15, -0.1) is 46.7 Å². The van der Waals surface area contributed by atoms with Crippen LogP contribution in [0, 0.1) is 6.92 Å². The van der Waals surface area contributed by atoms with Crippen LogP contribution in [0.4, 0.5) is 0 Å². The largest absolute Gasteiger partial charge is 0.357 e. The topological polar surface area (TPSA) is 43.8 Å². The average Bonchev–Trinajstić information content (AvgIpc) is 3.18. The third-order valence-corrected chi connectivity index (χ3v) is 5.47. The Morgan fingerprint density at radius 1 is 1.32 bits per heavy atom. The van der Waals surface area contributed by atoms with Gasteiger partial charge in [-0.3, -0.25) is 4.99 Å². The molecule has 25 heavy (non-hydrogen) atoms. The summed E-state index contributed by atoms with van der Waals surface area (Å²) in [6.07, 6.45) is 0. The first-order valence-electron chi connectivity index (χ1n) is 8.11. The van der Waals surface area contributed by atoms with Gasteiger partial charge < -0.3 is 15.1 Å². The molecule has 0 saturated carbocycles. The highest BCUT2D eigenvalue weighted by atomic mass is 127. The third-order valence-electron chi connectivity index (χ3n) is 3.67. The van der Waals surface area contributed by atoms with Crippen LogP contribution in [0.15, 0.2) is 27.9 Å². The predicted octanol–water partition coefficient (Wildman–Crippen LogP) is 3.83. The maximum atomic E-state index is 4.87. The Hall–Kier alpha value is -0.710. The molecule has 0 spiro atoms. The summed E-state index contributed by atoms with van der Waals surface area (Å²) < 4.78 is 0. The fraction of sp³-hybridized carbons (Fsp3) is 0.529. The first-order chi connectivity index (χ1) is 11.5. The number of hydrogen-bond donors (Lipinski definition) is 1. The lowest BCUT2D eigenvalue weighted by atomic mass is 10.2.